The van der Waals surface area contributed by atoms with Gasteiger partial charge in [0, 0.05) is 17.0 Å². The molecule has 0 unspecified atom stereocenters. The van der Waals surface area contributed by atoms with Crippen LogP contribution in [0.3, 0.4) is 0 Å². The summed E-state index contributed by atoms with van der Waals surface area (Å²) in [6.45, 7) is 0.381. The smallest absolute Gasteiger partial charge is 0.251 e. The second-order valence-corrected chi connectivity index (χ2v) is 5.81. The Bertz CT molecular complexity index is 749. The van der Waals surface area contributed by atoms with Crippen LogP contribution in [-0.2, 0) is 6.54 Å². The zero-order valence-corrected chi connectivity index (χ0v) is 12.6. The molecule has 0 aliphatic carbocycles. The summed E-state index contributed by atoms with van der Waals surface area (Å²) >= 11 is 1.67. The molecule has 0 saturated heterocycles. The van der Waals surface area contributed by atoms with E-state index < -0.39 is 0 Å². The van der Waals surface area contributed by atoms with Gasteiger partial charge in [0.25, 0.3) is 5.91 Å². The molecular formula is C18H14FNOS. The van der Waals surface area contributed by atoms with Crippen LogP contribution in [0.1, 0.15) is 15.9 Å². The largest absolute Gasteiger partial charge is 0.348 e. The SMILES string of the molecule is O=C(NCc1ccc(F)cc1)c1ccc(-c2cccs2)cc1. The molecule has 22 heavy (non-hydrogen) atoms. The highest BCUT2D eigenvalue weighted by atomic mass is 32.1. The molecule has 0 aliphatic heterocycles. The zero-order chi connectivity index (χ0) is 15.4. The fourth-order valence-corrected chi connectivity index (χ4v) is 2.85. The molecule has 1 N–H and O–H groups in total. The average molecular weight is 311 g/mol. The first-order valence-electron chi connectivity index (χ1n) is 6.89. The first-order valence-corrected chi connectivity index (χ1v) is 7.77. The third kappa shape index (κ3) is 3.40. The normalized spacial score (nSPS) is 10.4. The molecule has 0 fully saturated rings. The number of carbonyl (C=O) groups is 1. The van der Waals surface area contributed by atoms with Crippen molar-refractivity contribution in [3.63, 3.8) is 0 Å². The molecule has 0 aliphatic rings. The van der Waals surface area contributed by atoms with Crippen LogP contribution >= 0.6 is 11.3 Å². The first kappa shape index (κ1) is 14.5. The number of carbonyl (C=O) groups excluding carboxylic acids is 1. The Kier molecular flexibility index (Phi) is 4.30. The standard InChI is InChI=1S/C18H14FNOS/c19-16-9-3-13(4-10-16)12-20-18(21)15-7-5-14(6-8-15)17-2-1-11-22-17/h1-11H,12H2,(H,20,21). The van der Waals surface area contributed by atoms with Crippen LogP contribution in [0.5, 0.6) is 0 Å². The quantitative estimate of drug-likeness (QED) is 0.756. The van der Waals surface area contributed by atoms with Gasteiger partial charge in [-0.3, -0.25) is 4.79 Å². The molecule has 4 heteroatoms. The Balaban J connectivity index is 1.63. The molecule has 0 saturated carbocycles. The van der Waals surface area contributed by atoms with Crippen LogP contribution < -0.4 is 5.32 Å². The van der Waals surface area contributed by atoms with E-state index in [1.807, 2.05) is 41.8 Å². The third-order valence-corrected chi connectivity index (χ3v) is 4.24. The molecule has 0 atom stereocenters. The Hall–Kier alpha value is -2.46. The van der Waals surface area contributed by atoms with Crippen LogP contribution in [0.4, 0.5) is 4.39 Å². The van der Waals surface area contributed by atoms with Crippen LogP contribution in [0.15, 0.2) is 66.0 Å². The minimum atomic E-state index is -0.278. The molecule has 1 amide bonds. The van der Waals surface area contributed by atoms with Gasteiger partial charge in [-0.1, -0.05) is 30.3 Å². The van der Waals surface area contributed by atoms with E-state index in [0.29, 0.717) is 12.1 Å². The van der Waals surface area contributed by atoms with Crippen molar-refractivity contribution in [1.29, 1.82) is 0 Å². The number of thiophene rings is 1. The van der Waals surface area contributed by atoms with Crippen molar-refractivity contribution in [3.8, 4) is 10.4 Å². The lowest BCUT2D eigenvalue weighted by Gasteiger charge is -2.06. The third-order valence-electron chi connectivity index (χ3n) is 3.32. The van der Waals surface area contributed by atoms with Gasteiger partial charge in [-0.2, -0.15) is 0 Å². The van der Waals surface area contributed by atoms with Crippen LogP contribution in [0.2, 0.25) is 0 Å². The Morgan fingerprint density at radius 2 is 1.73 bits per heavy atom. The van der Waals surface area contributed by atoms with Gasteiger partial charge in [0.05, 0.1) is 0 Å². The number of amides is 1. The molecule has 3 rings (SSSR count). The number of nitrogens with one attached hydrogen (secondary N) is 1. The molecule has 1 heterocycles. The summed E-state index contributed by atoms with van der Waals surface area (Å²) in [7, 11) is 0. The highest BCUT2D eigenvalue weighted by Gasteiger charge is 2.06. The number of hydrogen-bond acceptors (Lipinski definition) is 2. The van der Waals surface area contributed by atoms with E-state index in [1.54, 1.807) is 23.5 Å². The molecule has 0 spiro atoms. The monoisotopic (exact) mass is 311 g/mol. The summed E-state index contributed by atoms with van der Waals surface area (Å²) in [4.78, 5) is 13.3. The second kappa shape index (κ2) is 6.54. The van der Waals surface area contributed by atoms with Crippen molar-refractivity contribution in [2.45, 2.75) is 6.54 Å². The van der Waals surface area contributed by atoms with Crippen LogP contribution in [-0.4, -0.2) is 5.91 Å². The summed E-state index contributed by atoms with van der Waals surface area (Å²) in [6.07, 6.45) is 0. The van der Waals surface area contributed by atoms with Crippen LogP contribution in [0.25, 0.3) is 10.4 Å². The number of halogens is 1. The molecular weight excluding hydrogens is 297 g/mol. The molecule has 2 nitrogen and oxygen atoms in total. The summed E-state index contributed by atoms with van der Waals surface area (Å²) < 4.78 is 12.8. The van der Waals surface area contributed by atoms with Crippen molar-refractivity contribution in [1.82, 2.24) is 5.32 Å². The lowest BCUT2D eigenvalue weighted by atomic mass is 10.1. The van der Waals surface area contributed by atoms with Gasteiger partial charge in [-0.25, -0.2) is 4.39 Å². The topological polar surface area (TPSA) is 29.1 Å². The van der Waals surface area contributed by atoms with Crippen molar-refractivity contribution in [2.75, 3.05) is 0 Å². The summed E-state index contributed by atoms with van der Waals surface area (Å²) in [5.41, 5.74) is 2.58. The van der Waals surface area contributed by atoms with E-state index in [4.69, 9.17) is 0 Å². The maximum absolute atomic E-state index is 12.8. The first-order chi connectivity index (χ1) is 10.7. The van der Waals surface area contributed by atoms with E-state index in [-0.39, 0.29) is 11.7 Å². The van der Waals surface area contributed by atoms with Crippen molar-refractivity contribution >= 4 is 17.2 Å². The van der Waals surface area contributed by atoms with Crippen LogP contribution in [0, 0.1) is 5.82 Å². The maximum Gasteiger partial charge on any atom is 0.251 e. The molecule has 0 bridgehead atoms. The summed E-state index contributed by atoms with van der Waals surface area (Å²) in [6, 6.07) is 17.7. The van der Waals surface area contributed by atoms with E-state index in [2.05, 4.69) is 5.32 Å². The van der Waals surface area contributed by atoms with Gasteiger partial charge in [0.1, 0.15) is 5.82 Å². The molecule has 110 valence electrons. The zero-order valence-electron chi connectivity index (χ0n) is 11.8. The van der Waals surface area contributed by atoms with Gasteiger partial charge in [0.2, 0.25) is 0 Å². The molecule has 3 aromatic rings. The summed E-state index contributed by atoms with van der Waals surface area (Å²) in [5.74, 6) is -0.415. The average Bonchev–Trinajstić information content (AvgIpc) is 3.09. The molecule has 1 aromatic heterocycles. The van der Waals surface area contributed by atoms with Gasteiger partial charge in [-0.05, 0) is 46.8 Å². The van der Waals surface area contributed by atoms with Gasteiger partial charge in [0.15, 0.2) is 0 Å². The van der Waals surface area contributed by atoms with Crippen molar-refractivity contribution < 1.29 is 9.18 Å². The highest BCUT2D eigenvalue weighted by molar-refractivity contribution is 7.13. The number of hydrogen-bond donors (Lipinski definition) is 1. The van der Waals surface area contributed by atoms with Gasteiger partial charge >= 0.3 is 0 Å². The lowest BCUT2D eigenvalue weighted by molar-refractivity contribution is 0.0951. The van der Waals surface area contributed by atoms with E-state index in [0.717, 1.165) is 11.1 Å². The number of rotatable bonds is 4. The second-order valence-electron chi connectivity index (χ2n) is 4.86. The minimum absolute atomic E-state index is 0.137. The number of benzene rings is 2. The Labute approximate surface area is 132 Å². The van der Waals surface area contributed by atoms with Gasteiger partial charge in [-0.15, -0.1) is 11.3 Å². The molecule has 0 radical (unpaired) electrons. The van der Waals surface area contributed by atoms with E-state index in [9.17, 15) is 9.18 Å². The maximum atomic E-state index is 12.8. The molecule has 2 aromatic carbocycles. The van der Waals surface area contributed by atoms with Crippen molar-refractivity contribution in [3.05, 3.63) is 83.0 Å². The van der Waals surface area contributed by atoms with E-state index >= 15 is 0 Å². The lowest BCUT2D eigenvalue weighted by Crippen LogP contribution is -2.22. The predicted octanol–water partition coefficient (Wildman–Crippen LogP) is 4.48. The van der Waals surface area contributed by atoms with Gasteiger partial charge < -0.3 is 5.32 Å². The predicted molar refractivity (Wildman–Crippen MR) is 87.3 cm³/mol. The Morgan fingerprint density at radius 1 is 1.00 bits per heavy atom. The fourth-order valence-electron chi connectivity index (χ4n) is 2.12. The van der Waals surface area contributed by atoms with E-state index in [1.165, 1.54) is 17.0 Å². The minimum Gasteiger partial charge on any atom is -0.348 e. The highest BCUT2D eigenvalue weighted by Crippen LogP contribution is 2.24. The van der Waals surface area contributed by atoms with Crippen molar-refractivity contribution in [2.24, 2.45) is 0 Å². The fraction of sp³-hybridized carbons (Fsp3) is 0.0556. The Morgan fingerprint density at radius 3 is 2.36 bits per heavy atom. The summed E-state index contributed by atoms with van der Waals surface area (Å²) in [5, 5.41) is 4.86.